The van der Waals surface area contributed by atoms with Crippen molar-refractivity contribution in [3.63, 3.8) is 0 Å². The molecule has 2 bridgehead atoms. The molecule has 1 aliphatic heterocycles. The van der Waals surface area contributed by atoms with Gasteiger partial charge in [0.1, 0.15) is 0 Å². The molecule has 1 N–H and O–H groups in total. The Balaban J connectivity index is 1.25. The molecule has 1 saturated heterocycles. The molecule has 4 atom stereocenters. The van der Waals surface area contributed by atoms with E-state index in [0.29, 0.717) is 24.1 Å². The molecule has 4 unspecified atom stereocenters. The molecule has 0 aromatic heterocycles. The molecule has 2 saturated carbocycles. The monoisotopic (exact) mass is 380 g/mol. The zero-order valence-electron chi connectivity index (χ0n) is 16.9. The van der Waals surface area contributed by atoms with Gasteiger partial charge in [-0.05, 0) is 74.6 Å². The maximum Gasteiger partial charge on any atom is 0.234 e. The van der Waals surface area contributed by atoms with Gasteiger partial charge in [-0.3, -0.25) is 9.69 Å². The van der Waals surface area contributed by atoms with E-state index in [2.05, 4.69) is 28.1 Å². The van der Waals surface area contributed by atoms with E-state index in [9.17, 15) is 4.79 Å². The molecule has 1 aromatic rings. The van der Waals surface area contributed by atoms with E-state index in [-0.39, 0.29) is 5.91 Å². The van der Waals surface area contributed by atoms with Crippen molar-refractivity contribution in [3.05, 3.63) is 29.8 Å². The Morgan fingerprint density at radius 3 is 2.68 bits per heavy atom. The summed E-state index contributed by atoms with van der Waals surface area (Å²) in [6.45, 7) is 6.48. The van der Waals surface area contributed by atoms with Crippen LogP contribution in [0.3, 0.4) is 0 Å². The third kappa shape index (κ3) is 4.33. The summed E-state index contributed by atoms with van der Waals surface area (Å²) in [5.41, 5.74) is 1.86. The summed E-state index contributed by atoms with van der Waals surface area (Å²) in [5.74, 6) is 2.65. The summed E-state index contributed by atoms with van der Waals surface area (Å²) in [4.78, 5) is 17.3. The molecule has 5 heteroatoms. The average molecular weight is 381 g/mol. The lowest BCUT2D eigenvalue weighted by Crippen LogP contribution is -2.45. The molecule has 1 aromatic carbocycles. The van der Waals surface area contributed by atoms with Gasteiger partial charge in [-0.1, -0.05) is 6.42 Å². The Bertz CT molecular complexity index is 725. The van der Waals surface area contributed by atoms with Crippen LogP contribution >= 0.6 is 0 Å². The standard InChI is InChI=1S/C23H32N4O/c1-17(22-14-19-3-6-20(22)13-19)25-23(28)16-26-9-2-10-27(12-11-26)21-7-4-18(15-24)5-8-21/h4-5,7-8,17,19-20,22H,2-3,6,9-14,16H2,1H3,(H,25,28). The van der Waals surface area contributed by atoms with E-state index in [0.717, 1.165) is 50.1 Å². The first kappa shape index (κ1) is 19.3. The topological polar surface area (TPSA) is 59.4 Å². The fraction of sp³-hybridized carbons (Fsp3) is 0.652. The SMILES string of the molecule is CC(NC(=O)CN1CCCN(c2ccc(C#N)cc2)CC1)C1CC2CCC1C2. The molecule has 4 rings (SSSR count). The summed E-state index contributed by atoms with van der Waals surface area (Å²) in [6, 6.07) is 10.3. The number of fused-ring (bicyclic) bond motifs is 2. The molecule has 5 nitrogen and oxygen atoms in total. The minimum Gasteiger partial charge on any atom is -0.370 e. The molecular weight excluding hydrogens is 348 g/mol. The average Bonchev–Trinajstić information content (AvgIpc) is 3.27. The highest BCUT2D eigenvalue weighted by Crippen LogP contribution is 2.49. The molecule has 2 aliphatic carbocycles. The number of rotatable bonds is 5. The van der Waals surface area contributed by atoms with Crippen LogP contribution in [-0.2, 0) is 4.79 Å². The van der Waals surface area contributed by atoms with E-state index < -0.39 is 0 Å². The lowest BCUT2D eigenvalue weighted by molar-refractivity contribution is -0.123. The lowest BCUT2D eigenvalue weighted by Gasteiger charge is -2.29. The highest BCUT2D eigenvalue weighted by Gasteiger charge is 2.42. The van der Waals surface area contributed by atoms with Crippen molar-refractivity contribution in [2.75, 3.05) is 37.6 Å². The fourth-order valence-electron chi connectivity index (χ4n) is 5.65. The second-order valence-electron chi connectivity index (χ2n) is 8.97. The second-order valence-corrected chi connectivity index (χ2v) is 8.97. The Hall–Kier alpha value is -2.06. The maximum atomic E-state index is 12.6. The Labute approximate surface area is 168 Å². The van der Waals surface area contributed by atoms with E-state index in [1.54, 1.807) is 0 Å². The Morgan fingerprint density at radius 2 is 2.00 bits per heavy atom. The van der Waals surface area contributed by atoms with E-state index in [4.69, 9.17) is 5.26 Å². The summed E-state index contributed by atoms with van der Waals surface area (Å²) in [5, 5.41) is 12.3. The number of nitrogens with zero attached hydrogens (tertiary/aromatic N) is 3. The first-order valence-electron chi connectivity index (χ1n) is 10.9. The zero-order chi connectivity index (χ0) is 19.5. The Morgan fingerprint density at radius 1 is 1.18 bits per heavy atom. The maximum absolute atomic E-state index is 12.6. The van der Waals surface area contributed by atoms with Crippen LogP contribution in [0.2, 0.25) is 0 Å². The van der Waals surface area contributed by atoms with Crippen molar-refractivity contribution in [1.29, 1.82) is 5.26 Å². The van der Waals surface area contributed by atoms with Crippen LogP contribution in [0, 0.1) is 29.1 Å². The summed E-state index contributed by atoms with van der Waals surface area (Å²) in [7, 11) is 0. The molecule has 28 heavy (non-hydrogen) atoms. The molecule has 1 amide bonds. The number of nitrogens with one attached hydrogen (secondary N) is 1. The van der Waals surface area contributed by atoms with Gasteiger partial charge >= 0.3 is 0 Å². The summed E-state index contributed by atoms with van der Waals surface area (Å²) >= 11 is 0. The van der Waals surface area contributed by atoms with Crippen molar-refractivity contribution in [1.82, 2.24) is 10.2 Å². The van der Waals surface area contributed by atoms with Crippen molar-refractivity contribution < 1.29 is 4.79 Å². The Kier molecular flexibility index (Phi) is 5.87. The van der Waals surface area contributed by atoms with Gasteiger partial charge in [-0.15, -0.1) is 0 Å². The van der Waals surface area contributed by atoms with Crippen LogP contribution < -0.4 is 10.2 Å². The molecule has 150 valence electrons. The third-order valence-corrected chi connectivity index (χ3v) is 7.14. The second kappa shape index (κ2) is 8.53. The van der Waals surface area contributed by atoms with Crippen molar-refractivity contribution in [2.45, 2.75) is 45.1 Å². The normalized spacial score (nSPS) is 28.6. The van der Waals surface area contributed by atoms with Gasteiger partial charge in [0.25, 0.3) is 0 Å². The molecule has 3 fully saturated rings. The number of hydrogen-bond acceptors (Lipinski definition) is 4. The van der Waals surface area contributed by atoms with Crippen LogP contribution in [0.15, 0.2) is 24.3 Å². The van der Waals surface area contributed by atoms with Crippen LogP contribution in [0.5, 0.6) is 0 Å². The highest BCUT2D eigenvalue weighted by atomic mass is 16.2. The molecule has 0 spiro atoms. The number of anilines is 1. The van der Waals surface area contributed by atoms with Gasteiger partial charge < -0.3 is 10.2 Å². The van der Waals surface area contributed by atoms with Crippen LogP contribution in [0.1, 0.15) is 44.6 Å². The smallest absolute Gasteiger partial charge is 0.234 e. The predicted octanol–water partition coefficient (Wildman–Crippen LogP) is 3.01. The van der Waals surface area contributed by atoms with Gasteiger partial charge in [-0.2, -0.15) is 5.26 Å². The minimum atomic E-state index is 0.182. The fourth-order valence-corrected chi connectivity index (χ4v) is 5.65. The molecule has 3 aliphatic rings. The molecular formula is C23H32N4O. The molecule has 1 heterocycles. The lowest BCUT2D eigenvalue weighted by atomic mass is 9.84. The van der Waals surface area contributed by atoms with E-state index in [1.165, 1.54) is 25.7 Å². The van der Waals surface area contributed by atoms with Gasteiger partial charge in [0.05, 0.1) is 18.2 Å². The first-order chi connectivity index (χ1) is 13.6. The number of benzene rings is 1. The van der Waals surface area contributed by atoms with Crippen LogP contribution in [0.25, 0.3) is 0 Å². The highest BCUT2D eigenvalue weighted by molar-refractivity contribution is 5.78. The predicted molar refractivity (Wildman–Crippen MR) is 111 cm³/mol. The van der Waals surface area contributed by atoms with E-state index >= 15 is 0 Å². The largest absolute Gasteiger partial charge is 0.370 e. The van der Waals surface area contributed by atoms with Crippen molar-refractivity contribution in [3.8, 4) is 6.07 Å². The van der Waals surface area contributed by atoms with Crippen molar-refractivity contribution >= 4 is 11.6 Å². The summed E-state index contributed by atoms with van der Waals surface area (Å²) < 4.78 is 0. The first-order valence-corrected chi connectivity index (χ1v) is 10.9. The van der Waals surface area contributed by atoms with Gasteiger partial charge in [0.2, 0.25) is 5.91 Å². The van der Waals surface area contributed by atoms with Gasteiger partial charge in [-0.25, -0.2) is 0 Å². The number of hydrogen-bond donors (Lipinski definition) is 1. The minimum absolute atomic E-state index is 0.182. The number of amides is 1. The zero-order valence-corrected chi connectivity index (χ0v) is 16.9. The van der Waals surface area contributed by atoms with Crippen LogP contribution in [-0.4, -0.2) is 49.6 Å². The van der Waals surface area contributed by atoms with Gasteiger partial charge in [0, 0.05) is 37.9 Å². The summed E-state index contributed by atoms with van der Waals surface area (Å²) in [6.07, 6.45) is 6.53. The quantitative estimate of drug-likeness (QED) is 0.853. The molecule has 0 radical (unpaired) electrons. The van der Waals surface area contributed by atoms with E-state index in [1.807, 2.05) is 24.3 Å². The number of carbonyl (C=O) groups excluding carboxylic acids is 1. The number of carbonyl (C=O) groups is 1. The van der Waals surface area contributed by atoms with Gasteiger partial charge in [0.15, 0.2) is 0 Å². The van der Waals surface area contributed by atoms with Crippen molar-refractivity contribution in [2.24, 2.45) is 17.8 Å². The van der Waals surface area contributed by atoms with Crippen LogP contribution in [0.4, 0.5) is 5.69 Å². The third-order valence-electron chi connectivity index (χ3n) is 7.14. The number of nitriles is 1.